The van der Waals surface area contributed by atoms with Crippen LogP contribution in [0.15, 0.2) is 29.2 Å². The van der Waals surface area contributed by atoms with Gasteiger partial charge in [0.15, 0.2) is 0 Å². The van der Waals surface area contributed by atoms with E-state index in [0.29, 0.717) is 5.75 Å². The van der Waals surface area contributed by atoms with Gasteiger partial charge in [-0.05, 0) is 25.5 Å². The molecule has 0 aromatic heterocycles. The summed E-state index contributed by atoms with van der Waals surface area (Å²) in [5.74, 6) is 0.356. The molecular weight excluding hydrogens is 244 g/mol. The van der Waals surface area contributed by atoms with Crippen LogP contribution in [0.4, 0.5) is 0 Å². The van der Waals surface area contributed by atoms with Gasteiger partial charge in [0.1, 0.15) is 0 Å². The average molecular weight is 268 g/mol. The van der Waals surface area contributed by atoms with Crippen LogP contribution in [-0.2, 0) is 10.8 Å². The Morgan fingerprint density at radius 3 is 2.44 bits per heavy atom. The number of hydrogen-bond donors (Lipinski definition) is 1. The minimum atomic E-state index is -1.08. The number of hydrogen-bond acceptors (Lipinski definition) is 2. The molecule has 1 unspecified atom stereocenters. The minimum Gasteiger partial charge on any atom is -0.392 e. The SMILES string of the molecule is CCCCCC[C@@H](O)CS(=O)c1ccc(C)cc1. The van der Waals surface area contributed by atoms with Crippen LogP contribution in [0.5, 0.6) is 0 Å². The molecule has 102 valence electrons. The zero-order valence-electron chi connectivity index (χ0n) is 11.4. The Morgan fingerprint density at radius 1 is 1.17 bits per heavy atom. The lowest BCUT2D eigenvalue weighted by atomic mass is 10.1. The van der Waals surface area contributed by atoms with E-state index in [9.17, 15) is 9.32 Å². The van der Waals surface area contributed by atoms with Crippen LogP contribution in [0.25, 0.3) is 0 Å². The molecule has 0 bridgehead atoms. The fourth-order valence-electron chi connectivity index (χ4n) is 1.85. The van der Waals surface area contributed by atoms with Crippen LogP contribution < -0.4 is 0 Å². The maximum Gasteiger partial charge on any atom is 0.0659 e. The third-order valence-electron chi connectivity index (χ3n) is 3.02. The van der Waals surface area contributed by atoms with Gasteiger partial charge in [-0.1, -0.05) is 50.3 Å². The van der Waals surface area contributed by atoms with Crippen molar-refractivity contribution in [2.75, 3.05) is 5.75 Å². The quantitative estimate of drug-likeness (QED) is 0.733. The van der Waals surface area contributed by atoms with Crippen molar-refractivity contribution in [3.05, 3.63) is 29.8 Å². The molecule has 1 aromatic carbocycles. The Morgan fingerprint density at radius 2 is 1.83 bits per heavy atom. The summed E-state index contributed by atoms with van der Waals surface area (Å²) >= 11 is 0. The van der Waals surface area contributed by atoms with Crippen LogP contribution in [0, 0.1) is 6.92 Å². The Hall–Kier alpha value is -0.670. The van der Waals surface area contributed by atoms with Crippen LogP contribution in [0.3, 0.4) is 0 Å². The van der Waals surface area contributed by atoms with E-state index in [0.717, 1.165) is 29.7 Å². The topological polar surface area (TPSA) is 37.3 Å². The molecule has 1 N–H and O–H groups in total. The molecule has 0 spiro atoms. The Kier molecular flexibility index (Phi) is 7.21. The molecule has 0 aliphatic rings. The summed E-state index contributed by atoms with van der Waals surface area (Å²) in [6.45, 7) is 4.18. The molecule has 2 atom stereocenters. The van der Waals surface area contributed by atoms with Crippen molar-refractivity contribution in [1.82, 2.24) is 0 Å². The van der Waals surface area contributed by atoms with E-state index >= 15 is 0 Å². The molecule has 0 saturated heterocycles. The second-order valence-corrected chi connectivity index (χ2v) is 6.32. The zero-order valence-corrected chi connectivity index (χ0v) is 12.2. The summed E-state index contributed by atoms with van der Waals surface area (Å²) in [6, 6.07) is 7.69. The Bertz CT molecular complexity index is 359. The van der Waals surface area contributed by atoms with Gasteiger partial charge in [0.25, 0.3) is 0 Å². The van der Waals surface area contributed by atoms with Crippen molar-refractivity contribution in [1.29, 1.82) is 0 Å². The van der Waals surface area contributed by atoms with Crippen LogP contribution in [-0.4, -0.2) is 21.2 Å². The van der Waals surface area contributed by atoms with E-state index in [1.54, 1.807) is 0 Å². The molecule has 0 fully saturated rings. The lowest BCUT2D eigenvalue weighted by Gasteiger charge is -2.10. The molecule has 2 nitrogen and oxygen atoms in total. The normalized spacial score (nSPS) is 14.4. The summed E-state index contributed by atoms with van der Waals surface area (Å²) in [5.41, 5.74) is 1.16. The molecule has 18 heavy (non-hydrogen) atoms. The maximum absolute atomic E-state index is 12.0. The highest BCUT2D eigenvalue weighted by Gasteiger charge is 2.10. The van der Waals surface area contributed by atoms with Crippen LogP contribution in [0.2, 0.25) is 0 Å². The predicted molar refractivity (Wildman–Crippen MR) is 77.2 cm³/mol. The smallest absolute Gasteiger partial charge is 0.0659 e. The van der Waals surface area contributed by atoms with Crippen molar-refractivity contribution < 1.29 is 9.32 Å². The lowest BCUT2D eigenvalue weighted by molar-refractivity contribution is 0.184. The number of benzene rings is 1. The van der Waals surface area contributed by atoms with Crippen molar-refractivity contribution in [3.63, 3.8) is 0 Å². The largest absolute Gasteiger partial charge is 0.392 e. The van der Waals surface area contributed by atoms with E-state index in [-0.39, 0.29) is 0 Å². The molecule has 0 aliphatic carbocycles. The number of aliphatic hydroxyl groups is 1. The second-order valence-electron chi connectivity index (χ2n) is 4.83. The number of aliphatic hydroxyl groups excluding tert-OH is 1. The molecule has 0 saturated carbocycles. The third-order valence-corrected chi connectivity index (χ3v) is 4.50. The lowest BCUT2D eigenvalue weighted by Crippen LogP contribution is -2.16. The molecule has 0 aliphatic heterocycles. The molecular formula is C15H24O2S. The van der Waals surface area contributed by atoms with Gasteiger partial charge < -0.3 is 5.11 Å². The first-order chi connectivity index (χ1) is 8.63. The van der Waals surface area contributed by atoms with Crippen molar-refractivity contribution >= 4 is 10.8 Å². The van der Waals surface area contributed by atoms with Gasteiger partial charge in [0, 0.05) is 4.90 Å². The number of aryl methyl sites for hydroxylation is 1. The van der Waals surface area contributed by atoms with Gasteiger partial charge in [0.05, 0.1) is 22.7 Å². The highest BCUT2D eigenvalue weighted by atomic mass is 32.2. The number of rotatable bonds is 8. The van der Waals surface area contributed by atoms with E-state index in [1.165, 1.54) is 12.8 Å². The van der Waals surface area contributed by atoms with Gasteiger partial charge in [-0.2, -0.15) is 0 Å². The van der Waals surface area contributed by atoms with Crippen molar-refractivity contribution in [3.8, 4) is 0 Å². The van der Waals surface area contributed by atoms with E-state index in [1.807, 2.05) is 31.2 Å². The zero-order chi connectivity index (χ0) is 13.4. The van der Waals surface area contributed by atoms with Crippen LogP contribution >= 0.6 is 0 Å². The van der Waals surface area contributed by atoms with E-state index in [2.05, 4.69) is 6.92 Å². The summed E-state index contributed by atoms with van der Waals surface area (Å²) < 4.78 is 12.0. The minimum absolute atomic E-state index is 0.356. The monoisotopic (exact) mass is 268 g/mol. The van der Waals surface area contributed by atoms with Crippen LogP contribution in [0.1, 0.15) is 44.6 Å². The maximum atomic E-state index is 12.0. The van der Waals surface area contributed by atoms with E-state index < -0.39 is 16.9 Å². The second kappa shape index (κ2) is 8.44. The van der Waals surface area contributed by atoms with E-state index in [4.69, 9.17) is 0 Å². The van der Waals surface area contributed by atoms with Gasteiger partial charge in [-0.3, -0.25) is 4.21 Å². The summed E-state index contributed by atoms with van der Waals surface area (Å²) in [5, 5.41) is 9.84. The number of unbranched alkanes of at least 4 members (excludes halogenated alkanes) is 3. The highest BCUT2D eigenvalue weighted by Crippen LogP contribution is 2.12. The average Bonchev–Trinajstić information content (AvgIpc) is 2.35. The highest BCUT2D eigenvalue weighted by molar-refractivity contribution is 7.85. The van der Waals surface area contributed by atoms with Gasteiger partial charge in [-0.25, -0.2) is 0 Å². The van der Waals surface area contributed by atoms with Gasteiger partial charge >= 0.3 is 0 Å². The Labute approximate surface area is 113 Å². The summed E-state index contributed by atoms with van der Waals surface area (Å²) in [6.07, 6.45) is 4.92. The first-order valence-corrected chi connectivity index (χ1v) is 8.08. The molecule has 1 aromatic rings. The fourth-order valence-corrected chi connectivity index (χ4v) is 3.00. The van der Waals surface area contributed by atoms with Crippen molar-refractivity contribution in [2.45, 2.75) is 57.0 Å². The van der Waals surface area contributed by atoms with Gasteiger partial charge in [0.2, 0.25) is 0 Å². The van der Waals surface area contributed by atoms with Crippen molar-refractivity contribution in [2.24, 2.45) is 0 Å². The molecule has 1 rings (SSSR count). The van der Waals surface area contributed by atoms with Gasteiger partial charge in [-0.15, -0.1) is 0 Å². The standard InChI is InChI=1S/C15H24O2S/c1-3-4-5-6-7-14(16)12-18(17)15-10-8-13(2)9-11-15/h8-11,14,16H,3-7,12H2,1-2H3/t14-,18?/m1/s1. The third kappa shape index (κ3) is 5.78. The fraction of sp³-hybridized carbons (Fsp3) is 0.600. The molecule has 0 heterocycles. The Balaban J connectivity index is 2.33. The molecule has 3 heteroatoms. The first kappa shape index (κ1) is 15.4. The summed E-state index contributed by atoms with van der Waals surface area (Å²) in [7, 11) is -1.08. The molecule has 0 amide bonds. The summed E-state index contributed by atoms with van der Waals surface area (Å²) in [4.78, 5) is 0.813. The molecule has 0 radical (unpaired) electrons. The predicted octanol–water partition coefficient (Wildman–Crippen LogP) is 3.43. The first-order valence-electron chi connectivity index (χ1n) is 6.76.